The van der Waals surface area contributed by atoms with Crippen LogP contribution < -0.4 is 0 Å². The van der Waals surface area contributed by atoms with E-state index in [0.29, 0.717) is 0 Å². The van der Waals surface area contributed by atoms with E-state index in [4.69, 9.17) is 11.6 Å². The lowest BCUT2D eigenvalue weighted by Gasteiger charge is -2.09. The standard InChI is InChI=1S/C17H12BrClS/c18-16-11-10-15(20-16)17(19)14-8-6-13(7-9-14)12-4-2-1-3-5-12/h1-11,17H. The Morgan fingerprint density at radius 1 is 0.800 bits per heavy atom. The molecule has 0 aliphatic heterocycles. The van der Waals surface area contributed by atoms with Crippen LogP contribution in [0.5, 0.6) is 0 Å². The fourth-order valence-electron chi connectivity index (χ4n) is 2.10. The van der Waals surface area contributed by atoms with E-state index in [2.05, 4.69) is 70.5 Å². The molecular weight excluding hydrogens is 352 g/mol. The van der Waals surface area contributed by atoms with Gasteiger partial charge in [-0.15, -0.1) is 22.9 Å². The number of thiophene rings is 1. The number of alkyl halides is 1. The van der Waals surface area contributed by atoms with Gasteiger partial charge in [0, 0.05) is 4.88 Å². The minimum Gasteiger partial charge on any atom is -0.131 e. The SMILES string of the molecule is ClC(c1ccc(-c2ccccc2)cc1)c1ccc(Br)s1. The molecule has 0 aliphatic carbocycles. The van der Waals surface area contributed by atoms with E-state index >= 15 is 0 Å². The molecule has 0 saturated heterocycles. The van der Waals surface area contributed by atoms with Gasteiger partial charge in [0.2, 0.25) is 0 Å². The molecule has 0 N–H and O–H groups in total. The highest BCUT2D eigenvalue weighted by atomic mass is 79.9. The molecule has 0 saturated carbocycles. The maximum Gasteiger partial charge on any atom is 0.0928 e. The second kappa shape index (κ2) is 6.13. The summed E-state index contributed by atoms with van der Waals surface area (Å²) in [6, 6.07) is 22.9. The molecule has 0 aliphatic rings. The first-order valence-electron chi connectivity index (χ1n) is 6.29. The Kier molecular flexibility index (Phi) is 4.25. The van der Waals surface area contributed by atoms with Gasteiger partial charge in [0.05, 0.1) is 9.16 Å². The van der Waals surface area contributed by atoms with Gasteiger partial charge >= 0.3 is 0 Å². The molecule has 0 fully saturated rings. The topological polar surface area (TPSA) is 0 Å². The van der Waals surface area contributed by atoms with Crippen LogP contribution in [0.25, 0.3) is 11.1 Å². The molecule has 0 spiro atoms. The normalized spacial score (nSPS) is 12.3. The second-order valence-corrected chi connectivity index (χ2v) is 7.42. The first-order chi connectivity index (χ1) is 9.74. The molecule has 3 aromatic rings. The van der Waals surface area contributed by atoms with Crippen LogP contribution in [0, 0.1) is 0 Å². The molecule has 1 aromatic heterocycles. The molecule has 0 bridgehead atoms. The number of halogens is 2. The van der Waals surface area contributed by atoms with Crippen molar-refractivity contribution >= 4 is 38.9 Å². The highest BCUT2D eigenvalue weighted by molar-refractivity contribution is 9.11. The molecule has 20 heavy (non-hydrogen) atoms. The Morgan fingerprint density at radius 3 is 2.05 bits per heavy atom. The Morgan fingerprint density at radius 2 is 1.45 bits per heavy atom. The van der Waals surface area contributed by atoms with Crippen LogP contribution >= 0.6 is 38.9 Å². The zero-order valence-corrected chi connectivity index (χ0v) is 13.8. The van der Waals surface area contributed by atoms with Crippen LogP contribution in [0.15, 0.2) is 70.5 Å². The smallest absolute Gasteiger partial charge is 0.0928 e. The molecule has 0 radical (unpaired) electrons. The van der Waals surface area contributed by atoms with Gasteiger partial charge in [-0.3, -0.25) is 0 Å². The zero-order valence-electron chi connectivity index (χ0n) is 10.6. The van der Waals surface area contributed by atoms with Crippen molar-refractivity contribution in [2.75, 3.05) is 0 Å². The second-order valence-electron chi connectivity index (χ2n) is 4.49. The fraction of sp³-hybridized carbons (Fsp3) is 0.0588. The molecule has 3 heteroatoms. The first-order valence-corrected chi connectivity index (χ1v) is 8.33. The zero-order chi connectivity index (χ0) is 13.9. The van der Waals surface area contributed by atoms with Crippen LogP contribution in [0.1, 0.15) is 15.8 Å². The van der Waals surface area contributed by atoms with Gasteiger partial charge in [-0.2, -0.15) is 0 Å². The lowest BCUT2D eigenvalue weighted by Crippen LogP contribution is -1.89. The quantitative estimate of drug-likeness (QED) is 0.465. The van der Waals surface area contributed by atoms with Crippen LogP contribution in [0.4, 0.5) is 0 Å². The van der Waals surface area contributed by atoms with E-state index in [-0.39, 0.29) is 5.38 Å². The van der Waals surface area contributed by atoms with E-state index in [9.17, 15) is 0 Å². The van der Waals surface area contributed by atoms with Crippen molar-refractivity contribution in [3.05, 3.63) is 81.0 Å². The third kappa shape index (κ3) is 2.98. The Bertz CT molecular complexity index is 689. The number of hydrogen-bond acceptors (Lipinski definition) is 1. The van der Waals surface area contributed by atoms with Gasteiger partial charge < -0.3 is 0 Å². The summed E-state index contributed by atoms with van der Waals surface area (Å²) < 4.78 is 1.11. The van der Waals surface area contributed by atoms with E-state index in [1.165, 1.54) is 11.1 Å². The molecule has 1 heterocycles. The van der Waals surface area contributed by atoms with Crippen LogP contribution in [-0.4, -0.2) is 0 Å². The predicted molar refractivity (Wildman–Crippen MR) is 91.6 cm³/mol. The molecular formula is C17H12BrClS. The number of benzene rings is 2. The molecule has 1 unspecified atom stereocenters. The highest BCUT2D eigenvalue weighted by Gasteiger charge is 2.13. The Balaban J connectivity index is 1.86. The van der Waals surface area contributed by atoms with Gasteiger partial charge in [0.1, 0.15) is 0 Å². The third-order valence-corrected chi connectivity index (χ3v) is 5.46. The Hall–Kier alpha value is -1.09. The van der Waals surface area contributed by atoms with Gasteiger partial charge in [-0.1, -0.05) is 54.6 Å². The summed E-state index contributed by atoms with van der Waals surface area (Å²) in [4.78, 5) is 1.16. The van der Waals surface area contributed by atoms with E-state index in [1.54, 1.807) is 11.3 Å². The maximum atomic E-state index is 6.53. The monoisotopic (exact) mass is 362 g/mol. The average molecular weight is 364 g/mol. The van der Waals surface area contributed by atoms with Gasteiger partial charge in [-0.05, 0) is 44.8 Å². The summed E-state index contributed by atoms with van der Waals surface area (Å²) in [7, 11) is 0. The number of rotatable bonds is 3. The molecule has 0 amide bonds. The van der Waals surface area contributed by atoms with Gasteiger partial charge in [-0.25, -0.2) is 0 Å². The fourth-order valence-corrected chi connectivity index (χ4v) is 3.89. The molecule has 2 aromatic carbocycles. The van der Waals surface area contributed by atoms with Crippen molar-refractivity contribution in [2.24, 2.45) is 0 Å². The van der Waals surface area contributed by atoms with E-state index < -0.39 is 0 Å². The summed E-state index contributed by atoms with van der Waals surface area (Å²) in [6.07, 6.45) is 0. The summed E-state index contributed by atoms with van der Waals surface area (Å²) >= 11 is 11.7. The average Bonchev–Trinajstić information content (AvgIpc) is 2.94. The van der Waals surface area contributed by atoms with Crippen LogP contribution in [-0.2, 0) is 0 Å². The van der Waals surface area contributed by atoms with Crippen molar-refractivity contribution in [3.8, 4) is 11.1 Å². The molecule has 0 nitrogen and oxygen atoms in total. The number of hydrogen-bond donors (Lipinski definition) is 0. The van der Waals surface area contributed by atoms with Gasteiger partial charge in [0.25, 0.3) is 0 Å². The largest absolute Gasteiger partial charge is 0.131 e. The van der Waals surface area contributed by atoms with Crippen LogP contribution in [0.3, 0.4) is 0 Å². The summed E-state index contributed by atoms with van der Waals surface area (Å²) in [5, 5.41) is -0.0869. The summed E-state index contributed by atoms with van der Waals surface area (Å²) in [6.45, 7) is 0. The van der Waals surface area contributed by atoms with E-state index in [0.717, 1.165) is 14.2 Å². The summed E-state index contributed by atoms with van der Waals surface area (Å²) in [5.41, 5.74) is 3.57. The third-order valence-electron chi connectivity index (χ3n) is 3.15. The Labute approximate surface area is 136 Å². The van der Waals surface area contributed by atoms with Gasteiger partial charge in [0.15, 0.2) is 0 Å². The minimum atomic E-state index is -0.0869. The molecule has 1 atom stereocenters. The summed E-state index contributed by atoms with van der Waals surface area (Å²) in [5.74, 6) is 0. The van der Waals surface area contributed by atoms with Crippen molar-refractivity contribution in [2.45, 2.75) is 5.38 Å². The molecule has 100 valence electrons. The maximum absolute atomic E-state index is 6.53. The highest BCUT2D eigenvalue weighted by Crippen LogP contribution is 2.36. The van der Waals surface area contributed by atoms with E-state index in [1.807, 2.05) is 12.1 Å². The lowest BCUT2D eigenvalue weighted by atomic mass is 10.0. The van der Waals surface area contributed by atoms with Crippen LogP contribution in [0.2, 0.25) is 0 Å². The van der Waals surface area contributed by atoms with Crippen molar-refractivity contribution in [3.63, 3.8) is 0 Å². The predicted octanol–water partition coefficient (Wildman–Crippen LogP) is 6.51. The lowest BCUT2D eigenvalue weighted by molar-refractivity contribution is 1.19. The van der Waals surface area contributed by atoms with Crippen molar-refractivity contribution in [1.29, 1.82) is 0 Å². The van der Waals surface area contributed by atoms with Crippen molar-refractivity contribution in [1.82, 2.24) is 0 Å². The van der Waals surface area contributed by atoms with Crippen molar-refractivity contribution < 1.29 is 0 Å². The minimum absolute atomic E-state index is 0.0869. The first kappa shape index (κ1) is 13.9. The molecule has 3 rings (SSSR count).